The lowest BCUT2D eigenvalue weighted by Gasteiger charge is -2.34. The summed E-state index contributed by atoms with van der Waals surface area (Å²) < 4.78 is 5.47. The summed E-state index contributed by atoms with van der Waals surface area (Å²) >= 11 is 17.9. The smallest absolute Gasteiger partial charge is 0.258 e. The molecule has 0 aromatic heterocycles. The van der Waals surface area contributed by atoms with Crippen LogP contribution in [0.15, 0.2) is 42.5 Å². The fraction of sp³-hybridized carbons (Fsp3) is 0.316. The van der Waals surface area contributed by atoms with Crippen molar-refractivity contribution >= 4 is 46.4 Å². The molecule has 3 rings (SSSR count). The van der Waals surface area contributed by atoms with Crippen LogP contribution in [-0.2, 0) is 4.79 Å². The van der Waals surface area contributed by atoms with Crippen molar-refractivity contribution in [2.75, 3.05) is 24.6 Å². The molecule has 0 atom stereocenters. The van der Waals surface area contributed by atoms with Gasteiger partial charge in [-0.05, 0) is 31.0 Å². The third-order valence-electron chi connectivity index (χ3n) is 4.31. The second kappa shape index (κ2) is 8.85. The van der Waals surface area contributed by atoms with Crippen LogP contribution in [-0.4, -0.2) is 31.6 Å². The molecule has 2 aromatic rings. The van der Waals surface area contributed by atoms with Crippen molar-refractivity contribution in [3.63, 3.8) is 0 Å². The first-order valence-corrected chi connectivity index (χ1v) is 9.53. The fourth-order valence-corrected chi connectivity index (χ4v) is 3.54. The van der Waals surface area contributed by atoms with Gasteiger partial charge in [-0.2, -0.15) is 0 Å². The zero-order valence-corrected chi connectivity index (χ0v) is 16.3. The average molecular weight is 414 g/mol. The number of hydrogen-bond donors (Lipinski definition) is 1. The van der Waals surface area contributed by atoms with E-state index < -0.39 is 0 Å². The lowest BCUT2D eigenvalue weighted by Crippen LogP contribution is -2.46. The maximum atomic E-state index is 12.1. The van der Waals surface area contributed by atoms with Gasteiger partial charge in [0.25, 0.3) is 5.91 Å². The molecular formula is C19H19Cl3N2O2. The molecule has 2 aromatic carbocycles. The molecule has 0 aliphatic carbocycles. The van der Waals surface area contributed by atoms with Crippen LogP contribution in [0.4, 0.5) is 5.69 Å². The normalized spacial score (nSPS) is 15.0. The Bertz CT molecular complexity index is 763. The Kier molecular flexibility index (Phi) is 6.52. The SMILES string of the molecule is O=C(COc1cc(Cl)c(Cl)cc1Cl)NC1CCN(c2ccccc2)CC1. The van der Waals surface area contributed by atoms with Gasteiger partial charge < -0.3 is 15.0 Å². The van der Waals surface area contributed by atoms with Gasteiger partial charge in [-0.3, -0.25) is 4.79 Å². The van der Waals surface area contributed by atoms with Crippen LogP contribution in [0.5, 0.6) is 5.75 Å². The van der Waals surface area contributed by atoms with Gasteiger partial charge >= 0.3 is 0 Å². The largest absolute Gasteiger partial charge is 0.482 e. The monoisotopic (exact) mass is 412 g/mol. The Labute approximate surface area is 168 Å². The number of anilines is 1. The molecule has 138 valence electrons. The number of carbonyl (C=O) groups excluding carboxylic acids is 1. The van der Waals surface area contributed by atoms with Gasteiger partial charge in [0.05, 0.1) is 15.1 Å². The van der Waals surface area contributed by atoms with Gasteiger partial charge in [-0.15, -0.1) is 0 Å². The third kappa shape index (κ3) is 4.97. The van der Waals surface area contributed by atoms with E-state index in [9.17, 15) is 4.79 Å². The summed E-state index contributed by atoms with van der Waals surface area (Å²) in [6, 6.07) is 13.5. The number of para-hydroxylation sites is 1. The first-order chi connectivity index (χ1) is 12.5. The summed E-state index contributed by atoms with van der Waals surface area (Å²) in [7, 11) is 0. The quantitative estimate of drug-likeness (QED) is 0.715. The van der Waals surface area contributed by atoms with Crippen molar-refractivity contribution in [1.82, 2.24) is 5.32 Å². The van der Waals surface area contributed by atoms with E-state index in [2.05, 4.69) is 22.3 Å². The van der Waals surface area contributed by atoms with E-state index in [-0.39, 0.29) is 18.6 Å². The molecular weight excluding hydrogens is 395 g/mol. The number of amides is 1. The van der Waals surface area contributed by atoms with Crippen LogP contribution in [0.2, 0.25) is 15.1 Å². The van der Waals surface area contributed by atoms with E-state index in [1.54, 1.807) is 0 Å². The molecule has 1 aliphatic rings. The van der Waals surface area contributed by atoms with Gasteiger partial charge in [0.15, 0.2) is 6.61 Å². The molecule has 1 fully saturated rings. The van der Waals surface area contributed by atoms with Crippen LogP contribution in [0.3, 0.4) is 0 Å². The molecule has 4 nitrogen and oxygen atoms in total. The van der Waals surface area contributed by atoms with Gasteiger partial charge in [0.1, 0.15) is 5.75 Å². The van der Waals surface area contributed by atoms with E-state index in [0.717, 1.165) is 25.9 Å². The van der Waals surface area contributed by atoms with Crippen LogP contribution in [0.1, 0.15) is 12.8 Å². The molecule has 0 unspecified atom stereocenters. The number of nitrogens with one attached hydrogen (secondary N) is 1. The number of rotatable bonds is 5. The molecule has 0 bridgehead atoms. The van der Waals surface area contributed by atoms with Crippen molar-refractivity contribution in [2.45, 2.75) is 18.9 Å². The minimum absolute atomic E-state index is 0.115. The number of carbonyl (C=O) groups is 1. The highest BCUT2D eigenvalue weighted by Gasteiger charge is 2.21. The molecule has 7 heteroatoms. The van der Waals surface area contributed by atoms with E-state index in [1.807, 2.05) is 18.2 Å². The Morgan fingerprint density at radius 1 is 1.04 bits per heavy atom. The highest BCUT2D eigenvalue weighted by atomic mass is 35.5. The van der Waals surface area contributed by atoms with Crippen molar-refractivity contribution in [3.8, 4) is 5.75 Å². The number of ether oxygens (including phenoxy) is 1. The van der Waals surface area contributed by atoms with E-state index in [4.69, 9.17) is 39.5 Å². The third-order valence-corrected chi connectivity index (χ3v) is 5.33. The van der Waals surface area contributed by atoms with Crippen molar-refractivity contribution in [2.24, 2.45) is 0 Å². The predicted molar refractivity (Wildman–Crippen MR) is 107 cm³/mol. The van der Waals surface area contributed by atoms with E-state index in [0.29, 0.717) is 20.8 Å². The molecule has 0 saturated carbocycles. The minimum atomic E-state index is -0.176. The number of piperidine rings is 1. The summed E-state index contributed by atoms with van der Waals surface area (Å²) in [6.45, 7) is 1.71. The molecule has 1 amide bonds. The first-order valence-electron chi connectivity index (χ1n) is 8.39. The topological polar surface area (TPSA) is 41.6 Å². The summed E-state index contributed by atoms with van der Waals surface area (Å²) in [5.41, 5.74) is 1.22. The molecule has 1 aliphatic heterocycles. The minimum Gasteiger partial charge on any atom is -0.482 e. The summed E-state index contributed by atoms with van der Waals surface area (Å²) in [6.07, 6.45) is 1.79. The lowest BCUT2D eigenvalue weighted by atomic mass is 10.0. The Balaban J connectivity index is 1.45. The number of hydrogen-bond acceptors (Lipinski definition) is 3. The number of nitrogens with zero attached hydrogens (tertiary/aromatic N) is 1. The molecule has 1 heterocycles. The Morgan fingerprint density at radius 2 is 1.69 bits per heavy atom. The predicted octanol–water partition coefficient (Wildman–Crippen LogP) is 4.81. The zero-order chi connectivity index (χ0) is 18.5. The number of halogens is 3. The zero-order valence-electron chi connectivity index (χ0n) is 14.1. The molecule has 1 saturated heterocycles. The maximum Gasteiger partial charge on any atom is 0.258 e. The van der Waals surface area contributed by atoms with Crippen LogP contribution >= 0.6 is 34.8 Å². The average Bonchev–Trinajstić information content (AvgIpc) is 2.65. The maximum absolute atomic E-state index is 12.1. The standard InChI is InChI=1S/C19H19Cl3N2O2/c20-15-10-17(22)18(11-16(15)21)26-12-19(25)23-13-6-8-24(9-7-13)14-4-2-1-3-5-14/h1-5,10-11,13H,6-9,12H2,(H,23,25). The second-order valence-corrected chi connectivity index (χ2v) is 7.37. The van der Waals surface area contributed by atoms with Crippen molar-refractivity contribution < 1.29 is 9.53 Å². The van der Waals surface area contributed by atoms with E-state index >= 15 is 0 Å². The van der Waals surface area contributed by atoms with Gasteiger partial charge in [0, 0.05) is 30.9 Å². The number of benzene rings is 2. The molecule has 26 heavy (non-hydrogen) atoms. The first kappa shape index (κ1) is 19.2. The van der Waals surface area contributed by atoms with Crippen molar-refractivity contribution in [1.29, 1.82) is 0 Å². The van der Waals surface area contributed by atoms with Crippen LogP contribution in [0, 0.1) is 0 Å². The van der Waals surface area contributed by atoms with Crippen LogP contribution in [0.25, 0.3) is 0 Å². The highest BCUT2D eigenvalue weighted by molar-refractivity contribution is 6.43. The summed E-state index contributed by atoms with van der Waals surface area (Å²) in [5.74, 6) is 0.167. The lowest BCUT2D eigenvalue weighted by molar-refractivity contribution is -0.123. The van der Waals surface area contributed by atoms with Crippen LogP contribution < -0.4 is 15.0 Å². The fourth-order valence-electron chi connectivity index (χ4n) is 2.95. The van der Waals surface area contributed by atoms with Gasteiger partial charge in [-0.1, -0.05) is 53.0 Å². The van der Waals surface area contributed by atoms with Gasteiger partial charge in [0.2, 0.25) is 0 Å². The molecule has 0 spiro atoms. The van der Waals surface area contributed by atoms with Gasteiger partial charge in [-0.25, -0.2) is 0 Å². The molecule has 1 N–H and O–H groups in total. The summed E-state index contributed by atoms with van der Waals surface area (Å²) in [5, 5.41) is 4.02. The molecule has 0 radical (unpaired) electrons. The Hall–Kier alpha value is -1.62. The summed E-state index contributed by atoms with van der Waals surface area (Å²) in [4.78, 5) is 14.5. The second-order valence-electron chi connectivity index (χ2n) is 6.15. The Morgan fingerprint density at radius 3 is 2.38 bits per heavy atom. The highest BCUT2D eigenvalue weighted by Crippen LogP contribution is 2.33. The van der Waals surface area contributed by atoms with E-state index in [1.165, 1.54) is 17.8 Å². The van der Waals surface area contributed by atoms with Crippen molar-refractivity contribution in [3.05, 3.63) is 57.5 Å².